The van der Waals surface area contributed by atoms with Gasteiger partial charge in [0.05, 0.1) is 12.5 Å². The van der Waals surface area contributed by atoms with Crippen LogP contribution in [-0.4, -0.2) is 30.6 Å². The average molecular weight is 399 g/mol. The number of para-hydroxylation sites is 1. The first kappa shape index (κ1) is 21.7. The summed E-state index contributed by atoms with van der Waals surface area (Å²) in [5.74, 6) is 0.150. The van der Waals surface area contributed by atoms with Gasteiger partial charge in [0.25, 0.3) is 5.91 Å². The van der Waals surface area contributed by atoms with Crippen LogP contribution < -0.4 is 21.1 Å². The Balaban J connectivity index is 2.05. The summed E-state index contributed by atoms with van der Waals surface area (Å²) in [7, 11) is 0. The van der Waals surface area contributed by atoms with Gasteiger partial charge >= 0.3 is 12.0 Å². The molecule has 0 fully saturated rings. The monoisotopic (exact) mass is 399 g/mol. The maximum atomic E-state index is 12.1. The van der Waals surface area contributed by atoms with E-state index in [9.17, 15) is 14.4 Å². The summed E-state index contributed by atoms with van der Waals surface area (Å²) in [6.07, 6.45) is -0.188. The van der Waals surface area contributed by atoms with E-state index in [1.165, 1.54) is 0 Å². The number of esters is 1. The van der Waals surface area contributed by atoms with E-state index in [1.807, 2.05) is 30.3 Å². The van der Waals surface area contributed by atoms with Gasteiger partial charge in [-0.25, -0.2) is 4.79 Å². The first-order chi connectivity index (χ1) is 13.8. The number of carbonyl (C=O) groups is 3. The number of nitrogens with two attached hydrogens (primary N) is 1. The third kappa shape index (κ3) is 7.92. The van der Waals surface area contributed by atoms with E-state index in [4.69, 9.17) is 15.2 Å². The van der Waals surface area contributed by atoms with Gasteiger partial charge in [0, 0.05) is 6.04 Å². The Kier molecular flexibility index (Phi) is 8.02. The van der Waals surface area contributed by atoms with Crippen LogP contribution in [0.5, 0.6) is 11.5 Å². The molecule has 0 heterocycles. The zero-order valence-electron chi connectivity index (χ0n) is 16.4. The van der Waals surface area contributed by atoms with Crippen LogP contribution in [0.3, 0.4) is 0 Å². The zero-order chi connectivity index (χ0) is 21.2. The summed E-state index contributed by atoms with van der Waals surface area (Å²) in [5.41, 5.74) is 5.86. The molecule has 0 saturated heterocycles. The van der Waals surface area contributed by atoms with Gasteiger partial charge in [-0.15, -0.1) is 0 Å². The van der Waals surface area contributed by atoms with E-state index < -0.39 is 30.6 Å². The lowest BCUT2D eigenvalue weighted by Crippen LogP contribution is -2.36. The second-order valence-corrected chi connectivity index (χ2v) is 6.64. The number of urea groups is 1. The quantitative estimate of drug-likeness (QED) is 0.560. The molecule has 8 heteroatoms. The van der Waals surface area contributed by atoms with Gasteiger partial charge in [-0.2, -0.15) is 0 Å². The number of carbonyl (C=O) groups excluding carboxylic acids is 3. The van der Waals surface area contributed by atoms with Gasteiger partial charge in [-0.3, -0.25) is 9.59 Å². The normalized spacial score (nSPS) is 11.4. The van der Waals surface area contributed by atoms with E-state index in [2.05, 4.69) is 10.6 Å². The Morgan fingerprint density at radius 2 is 1.66 bits per heavy atom. The van der Waals surface area contributed by atoms with Crippen LogP contribution in [0.15, 0.2) is 54.6 Å². The third-order valence-corrected chi connectivity index (χ3v) is 3.74. The van der Waals surface area contributed by atoms with Crippen molar-refractivity contribution < 1.29 is 23.9 Å². The summed E-state index contributed by atoms with van der Waals surface area (Å²) in [6, 6.07) is 14.6. The molecule has 0 radical (unpaired) electrons. The minimum atomic E-state index is -0.783. The van der Waals surface area contributed by atoms with Crippen molar-refractivity contribution in [3.63, 3.8) is 0 Å². The van der Waals surface area contributed by atoms with Crippen molar-refractivity contribution >= 4 is 17.9 Å². The zero-order valence-corrected chi connectivity index (χ0v) is 16.4. The van der Waals surface area contributed by atoms with Gasteiger partial charge in [0.2, 0.25) is 0 Å². The first-order valence-electron chi connectivity index (χ1n) is 9.17. The van der Waals surface area contributed by atoms with Crippen molar-refractivity contribution in [1.82, 2.24) is 10.6 Å². The second-order valence-electron chi connectivity index (χ2n) is 6.64. The van der Waals surface area contributed by atoms with Crippen molar-refractivity contribution in [3.8, 4) is 11.5 Å². The summed E-state index contributed by atoms with van der Waals surface area (Å²) in [5, 5.41) is 5.14. The van der Waals surface area contributed by atoms with Crippen molar-refractivity contribution in [3.05, 3.63) is 60.2 Å². The summed E-state index contributed by atoms with van der Waals surface area (Å²) >= 11 is 0. The molecule has 0 bridgehead atoms. The highest BCUT2D eigenvalue weighted by atomic mass is 16.5. The number of ether oxygens (including phenoxy) is 2. The van der Waals surface area contributed by atoms with E-state index in [1.54, 1.807) is 38.1 Å². The smallest absolute Gasteiger partial charge is 0.312 e. The fourth-order valence-corrected chi connectivity index (χ4v) is 2.58. The van der Waals surface area contributed by atoms with Gasteiger partial charge in [-0.05, 0) is 43.7 Å². The van der Waals surface area contributed by atoms with Crippen LogP contribution in [0.2, 0.25) is 0 Å². The molecule has 8 nitrogen and oxygen atoms in total. The largest absolute Gasteiger partial charge is 0.457 e. The van der Waals surface area contributed by atoms with Gasteiger partial charge in [-0.1, -0.05) is 30.3 Å². The molecule has 0 aliphatic carbocycles. The van der Waals surface area contributed by atoms with Crippen LogP contribution in [0.25, 0.3) is 0 Å². The number of primary amides is 1. The molecule has 4 N–H and O–H groups in total. The molecule has 1 atom stereocenters. The molecule has 0 unspecified atom stereocenters. The lowest BCUT2D eigenvalue weighted by atomic mass is 10.0. The van der Waals surface area contributed by atoms with Crippen LogP contribution in [0.1, 0.15) is 31.9 Å². The Morgan fingerprint density at radius 1 is 0.966 bits per heavy atom. The first-order valence-corrected chi connectivity index (χ1v) is 9.17. The minimum Gasteiger partial charge on any atom is -0.457 e. The van der Waals surface area contributed by atoms with Crippen molar-refractivity contribution in [1.29, 1.82) is 0 Å². The van der Waals surface area contributed by atoms with Crippen molar-refractivity contribution in [2.75, 3.05) is 6.61 Å². The van der Waals surface area contributed by atoms with Crippen LogP contribution in [0.4, 0.5) is 4.79 Å². The topological polar surface area (TPSA) is 120 Å². The Bertz CT molecular complexity index is 839. The molecule has 2 aromatic carbocycles. The molecule has 154 valence electrons. The average Bonchev–Trinajstić information content (AvgIpc) is 2.66. The highest BCUT2D eigenvalue weighted by molar-refractivity contribution is 5.81. The molecule has 29 heavy (non-hydrogen) atoms. The molecule has 0 aliphatic heterocycles. The molecule has 0 saturated carbocycles. The number of amides is 3. The molecule has 0 aromatic heterocycles. The molecule has 2 aromatic rings. The highest BCUT2D eigenvalue weighted by Crippen LogP contribution is 2.26. The molecule has 0 aliphatic rings. The fraction of sp³-hybridized carbons (Fsp3) is 0.286. The van der Waals surface area contributed by atoms with E-state index >= 15 is 0 Å². The second kappa shape index (κ2) is 10.7. The number of benzene rings is 2. The van der Waals surface area contributed by atoms with Crippen molar-refractivity contribution in [2.24, 2.45) is 5.73 Å². The molecule has 3 amide bonds. The maximum absolute atomic E-state index is 12.1. The highest BCUT2D eigenvalue weighted by Gasteiger charge is 2.20. The molecule has 2 rings (SSSR count). The Morgan fingerprint density at radius 3 is 2.31 bits per heavy atom. The van der Waals surface area contributed by atoms with Crippen LogP contribution in [0, 0.1) is 0 Å². The number of nitrogens with one attached hydrogen (secondary N) is 2. The summed E-state index contributed by atoms with van der Waals surface area (Å²) < 4.78 is 10.8. The lowest BCUT2D eigenvalue weighted by Gasteiger charge is -2.18. The van der Waals surface area contributed by atoms with Gasteiger partial charge in [0.15, 0.2) is 6.61 Å². The van der Waals surface area contributed by atoms with Gasteiger partial charge < -0.3 is 25.8 Å². The Hall–Kier alpha value is -3.55. The summed E-state index contributed by atoms with van der Waals surface area (Å²) in [6.45, 7) is 3.21. The molecule has 0 spiro atoms. The summed E-state index contributed by atoms with van der Waals surface area (Å²) in [4.78, 5) is 35.2. The number of hydrogen-bond donors (Lipinski definition) is 3. The van der Waals surface area contributed by atoms with E-state index in [0.29, 0.717) is 17.1 Å². The standard InChI is InChI=1S/C21H25N3O5/c1-14(2)23-19(25)13-28-20(26)12-18(24-21(22)27)15-7-6-10-17(11-15)29-16-8-4-3-5-9-16/h3-11,14,18H,12-13H2,1-2H3,(H,23,25)(H3,22,24,27)/t18-/m0/s1. The number of rotatable bonds is 9. The number of hydrogen-bond acceptors (Lipinski definition) is 5. The molecular formula is C21H25N3O5. The fourth-order valence-electron chi connectivity index (χ4n) is 2.58. The van der Waals surface area contributed by atoms with E-state index in [0.717, 1.165) is 0 Å². The SMILES string of the molecule is CC(C)NC(=O)COC(=O)C[C@H](NC(N)=O)c1cccc(Oc2ccccc2)c1. The minimum absolute atomic E-state index is 0.0576. The van der Waals surface area contributed by atoms with E-state index in [-0.39, 0.29) is 12.5 Å². The maximum Gasteiger partial charge on any atom is 0.312 e. The Labute approximate surface area is 169 Å². The predicted octanol–water partition coefficient (Wildman–Crippen LogP) is 2.65. The predicted molar refractivity (Wildman–Crippen MR) is 107 cm³/mol. The lowest BCUT2D eigenvalue weighted by molar-refractivity contribution is -0.149. The van der Waals surface area contributed by atoms with Crippen LogP contribution in [-0.2, 0) is 14.3 Å². The molecular weight excluding hydrogens is 374 g/mol. The van der Waals surface area contributed by atoms with Crippen molar-refractivity contribution in [2.45, 2.75) is 32.4 Å². The van der Waals surface area contributed by atoms with Crippen LogP contribution >= 0.6 is 0 Å². The van der Waals surface area contributed by atoms with Gasteiger partial charge in [0.1, 0.15) is 11.5 Å². The third-order valence-electron chi connectivity index (χ3n) is 3.74.